The highest BCUT2D eigenvalue weighted by Gasteiger charge is 2.28. The Kier molecular flexibility index (Phi) is 17.6. The highest BCUT2D eigenvalue weighted by molar-refractivity contribution is 6.25. The molecular formula is C113H69N5. The van der Waals surface area contributed by atoms with Crippen molar-refractivity contribution in [3.8, 4) is 202 Å². The number of nitriles is 2. The van der Waals surface area contributed by atoms with Crippen molar-refractivity contribution in [2.45, 2.75) is 0 Å². The van der Waals surface area contributed by atoms with Crippen molar-refractivity contribution in [3.63, 3.8) is 0 Å². The molecule has 0 spiro atoms. The lowest BCUT2D eigenvalue weighted by Crippen LogP contribution is -1.95. The molecule has 0 saturated carbocycles. The van der Waals surface area contributed by atoms with Crippen LogP contribution in [0.3, 0.4) is 0 Å². The molecule has 0 N–H and O–H groups in total. The molecule has 0 bridgehead atoms. The van der Waals surface area contributed by atoms with Gasteiger partial charge in [-0.15, -0.1) is 0 Å². The van der Waals surface area contributed by atoms with Crippen molar-refractivity contribution in [1.82, 2.24) is 15.0 Å². The van der Waals surface area contributed by atoms with Crippen LogP contribution in [0.15, 0.2) is 419 Å². The molecular weight excluding hydrogens is 1430 g/mol. The Balaban J connectivity index is 0.000000147. The van der Waals surface area contributed by atoms with E-state index in [0.29, 0.717) is 17.0 Å². The van der Waals surface area contributed by atoms with Crippen molar-refractivity contribution in [1.29, 1.82) is 10.5 Å². The van der Waals surface area contributed by atoms with E-state index in [2.05, 4.69) is 364 Å². The van der Waals surface area contributed by atoms with Crippen LogP contribution in [0.1, 0.15) is 11.1 Å². The number of aromatic nitrogens is 3. The molecule has 2 aliphatic rings. The fraction of sp³-hybridized carbons (Fsp3) is 0. The maximum Gasteiger partial charge on any atom is 0.160 e. The summed E-state index contributed by atoms with van der Waals surface area (Å²) in [6, 6.07) is 153. The van der Waals surface area contributed by atoms with Gasteiger partial charge >= 0.3 is 0 Å². The minimum absolute atomic E-state index is 0.658. The second-order valence-electron chi connectivity index (χ2n) is 30.2. The lowest BCUT2D eigenvalue weighted by atomic mass is 9.85. The van der Waals surface area contributed by atoms with Gasteiger partial charge in [0.1, 0.15) is 0 Å². The van der Waals surface area contributed by atoms with Gasteiger partial charge < -0.3 is 0 Å². The summed E-state index contributed by atoms with van der Waals surface area (Å²) < 4.78 is 0. The Morgan fingerprint density at radius 1 is 0.153 bits per heavy atom. The van der Waals surface area contributed by atoms with Crippen molar-refractivity contribution in [2.24, 2.45) is 0 Å². The number of fused-ring (bicyclic) bond motifs is 7. The molecule has 5 nitrogen and oxygen atoms in total. The molecule has 0 amide bonds. The molecule has 0 atom stereocenters. The molecule has 22 rings (SSSR count). The summed E-state index contributed by atoms with van der Waals surface area (Å²) >= 11 is 0. The summed E-state index contributed by atoms with van der Waals surface area (Å²) in [5.41, 5.74) is 39.0. The second-order valence-corrected chi connectivity index (χ2v) is 30.2. The molecule has 2 aromatic heterocycles. The van der Waals surface area contributed by atoms with Gasteiger partial charge in [-0.25, -0.2) is 15.0 Å². The Morgan fingerprint density at radius 3 is 0.890 bits per heavy atom. The van der Waals surface area contributed by atoms with E-state index in [9.17, 15) is 10.5 Å². The van der Waals surface area contributed by atoms with E-state index in [1.165, 1.54) is 127 Å². The molecule has 18 aromatic carbocycles. The molecule has 0 fully saturated rings. The minimum atomic E-state index is 0.658. The SMILES string of the molecule is N#Cc1ccc(-c2ccc3c4c(cc(-c5ccc(-c6ccc(-c7ccc(-c8nc(-c9ccccc9)cc(-c9ccccc9)n8)cc7)cc6)cc5)cc24)-c2ccccc2-3)cc1.N#Cc1ccc(-c2ccc3c4c(ccc(-c5ccc(-c6ccc(-c7cc(-c8ccccc8)cc(-c8ccccc8)n7)cc6)c6ccccc56)c24)-c2ccccc2-3)cc1. The first-order valence-corrected chi connectivity index (χ1v) is 39.9. The van der Waals surface area contributed by atoms with Crippen LogP contribution >= 0.6 is 0 Å². The summed E-state index contributed by atoms with van der Waals surface area (Å²) in [4.78, 5) is 15.2. The van der Waals surface area contributed by atoms with Gasteiger partial charge in [0, 0.05) is 27.8 Å². The van der Waals surface area contributed by atoms with Crippen LogP contribution in [0.25, 0.3) is 222 Å². The zero-order valence-electron chi connectivity index (χ0n) is 64.1. The van der Waals surface area contributed by atoms with Crippen LogP contribution in [0.5, 0.6) is 0 Å². The number of pyridine rings is 1. The van der Waals surface area contributed by atoms with E-state index in [0.717, 1.165) is 89.5 Å². The summed E-state index contributed by atoms with van der Waals surface area (Å²) in [7, 11) is 0. The van der Waals surface area contributed by atoms with Crippen LogP contribution in [0, 0.1) is 22.7 Å². The molecule has 546 valence electrons. The predicted octanol–water partition coefficient (Wildman–Crippen LogP) is 29.7. The maximum atomic E-state index is 9.56. The number of nitrogens with zero attached hydrogens (tertiary/aromatic N) is 5. The van der Waals surface area contributed by atoms with E-state index >= 15 is 0 Å². The van der Waals surface area contributed by atoms with E-state index < -0.39 is 0 Å². The fourth-order valence-corrected chi connectivity index (χ4v) is 17.6. The first-order valence-electron chi connectivity index (χ1n) is 39.9. The summed E-state index contributed by atoms with van der Waals surface area (Å²) in [6.07, 6.45) is 0. The zero-order valence-corrected chi connectivity index (χ0v) is 64.1. The highest BCUT2D eigenvalue weighted by Crippen LogP contribution is 2.55. The topological polar surface area (TPSA) is 86.2 Å². The number of rotatable bonds is 13. The van der Waals surface area contributed by atoms with Crippen LogP contribution in [-0.4, -0.2) is 15.0 Å². The fourth-order valence-electron chi connectivity index (χ4n) is 17.6. The molecule has 0 unspecified atom stereocenters. The molecule has 0 aliphatic heterocycles. The monoisotopic (exact) mass is 1500 g/mol. The standard InChI is InChI=1S/C57H35N3.C56H34N2/c58-36-37-15-17-43(18-16-37)48-31-32-51-49-13-7-8-14-50(49)53-34-47(33-52(48)56(51)53)42-25-23-40(24-26-42)38-19-21-39(22-20-38)41-27-29-46(30-28-41)57-59-54(44-9-3-1-4-10-44)35-55(60-57)45-11-5-2-6-12-45;57-35-36-19-21-39(22-20-36)44-28-30-50-47-17-9-10-18-48(47)51-31-32-52(55(44)56(50)51)49-29-27-43(45-15-7-8-16-46(45)49)38-23-25-41(26-24-38)54-34-42(37-11-3-1-4-12-37)33-53(58-54)40-13-5-2-6-14-40/h1-35H;1-34H. The van der Waals surface area contributed by atoms with Gasteiger partial charge in [0.2, 0.25) is 0 Å². The zero-order chi connectivity index (χ0) is 78.6. The van der Waals surface area contributed by atoms with E-state index in [1.807, 2.05) is 66.7 Å². The van der Waals surface area contributed by atoms with Crippen molar-refractivity contribution in [3.05, 3.63) is 430 Å². The Morgan fingerprint density at radius 2 is 0.432 bits per heavy atom. The normalized spacial score (nSPS) is 11.4. The molecule has 20 aromatic rings. The number of benzene rings is 18. The quantitative estimate of drug-likeness (QED) is 0.115. The average molecular weight is 1500 g/mol. The van der Waals surface area contributed by atoms with Gasteiger partial charge in [-0.3, -0.25) is 0 Å². The first-order chi connectivity index (χ1) is 58.4. The Labute approximate surface area is 685 Å². The smallest absolute Gasteiger partial charge is 0.160 e. The van der Waals surface area contributed by atoms with Crippen LogP contribution < -0.4 is 0 Å². The Bertz CT molecular complexity index is 7250. The third kappa shape index (κ3) is 12.8. The summed E-state index contributed by atoms with van der Waals surface area (Å²) in [6.45, 7) is 0. The van der Waals surface area contributed by atoms with Crippen molar-refractivity contribution in [2.75, 3.05) is 0 Å². The molecule has 118 heavy (non-hydrogen) atoms. The largest absolute Gasteiger partial charge is 0.248 e. The van der Waals surface area contributed by atoms with Crippen LogP contribution in [0.4, 0.5) is 0 Å². The first kappa shape index (κ1) is 69.9. The summed E-state index contributed by atoms with van der Waals surface area (Å²) in [5.74, 6) is 0.703. The average Bonchev–Trinajstić information content (AvgIpc) is 1.55. The van der Waals surface area contributed by atoms with Crippen LogP contribution in [-0.2, 0) is 0 Å². The summed E-state index contributed by atoms with van der Waals surface area (Å²) in [5, 5.41) is 26.4. The Hall–Kier alpha value is -16.1. The van der Waals surface area contributed by atoms with E-state index in [1.54, 1.807) is 0 Å². The van der Waals surface area contributed by atoms with E-state index in [4.69, 9.17) is 15.0 Å². The van der Waals surface area contributed by atoms with Crippen molar-refractivity contribution < 1.29 is 0 Å². The molecule has 5 heteroatoms. The van der Waals surface area contributed by atoms with Gasteiger partial charge in [0.15, 0.2) is 5.82 Å². The van der Waals surface area contributed by atoms with Gasteiger partial charge in [0.25, 0.3) is 0 Å². The van der Waals surface area contributed by atoms with Crippen LogP contribution in [0.2, 0.25) is 0 Å². The third-order valence-corrected chi connectivity index (χ3v) is 23.4. The lowest BCUT2D eigenvalue weighted by molar-refractivity contribution is 1.18. The molecule has 2 aliphatic carbocycles. The van der Waals surface area contributed by atoms with Gasteiger partial charge in [-0.05, 0) is 220 Å². The van der Waals surface area contributed by atoms with E-state index in [-0.39, 0.29) is 0 Å². The highest BCUT2D eigenvalue weighted by atomic mass is 14.9. The second kappa shape index (κ2) is 29.8. The predicted molar refractivity (Wildman–Crippen MR) is 488 cm³/mol. The molecule has 0 radical (unpaired) electrons. The minimum Gasteiger partial charge on any atom is -0.248 e. The van der Waals surface area contributed by atoms with Crippen molar-refractivity contribution >= 4 is 32.3 Å². The van der Waals surface area contributed by atoms with Gasteiger partial charge in [-0.1, -0.05) is 364 Å². The lowest BCUT2D eigenvalue weighted by Gasteiger charge is -2.18. The van der Waals surface area contributed by atoms with Gasteiger partial charge in [0.05, 0.1) is 46.0 Å². The molecule has 2 heterocycles. The van der Waals surface area contributed by atoms with Gasteiger partial charge in [-0.2, -0.15) is 10.5 Å². The number of hydrogen-bond acceptors (Lipinski definition) is 5. The maximum absolute atomic E-state index is 9.56. The number of hydrogen-bond donors (Lipinski definition) is 0. The molecule has 0 saturated heterocycles. The third-order valence-electron chi connectivity index (χ3n) is 23.4.